The Morgan fingerprint density at radius 1 is 0.939 bits per heavy atom. The lowest BCUT2D eigenvalue weighted by molar-refractivity contribution is -0.137. The lowest BCUT2D eigenvalue weighted by Gasteiger charge is -2.42. The van der Waals surface area contributed by atoms with Gasteiger partial charge in [-0.3, -0.25) is 9.69 Å². The first-order chi connectivity index (χ1) is 23.8. The molecule has 1 aromatic heterocycles. The second kappa shape index (κ2) is 14.7. The van der Waals surface area contributed by atoms with Crippen LogP contribution in [0.25, 0.3) is 11.0 Å². The normalized spacial score (nSPS) is 21.2. The number of aromatic nitrogens is 3. The van der Waals surface area contributed by atoms with E-state index in [0.717, 1.165) is 78.9 Å². The molecule has 49 heavy (non-hydrogen) atoms. The number of carbonyl (C=O) groups excluding carboxylic acids is 3. The Morgan fingerprint density at radius 2 is 1.67 bits per heavy atom. The summed E-state index contributed by atoms with van der Waals surface area (Å²) in [5.41, 5.74) is 5.36. The van der Waals surface area contributed by atoms with Crippen LogP contribution in [-0.2, 0) is 22.5 Å². The number of carbonyl (C=O) groups is 3. The van der Waals surface area contributed by atoms with E-state index in [1.54, 1.807) is 5.06 Å². The number of rotatable bonds is 7. The van der Waals surface area contributed by atoms with Crippen molar-refractivity contribution in [3.05, 3.63) is 53.1 Å². The Kier molecular flexibility index (Phi) is 9.96. The molecular weight excluding hydrogens is 624 g/mol. The van der Waals surface area contributed by atoms with E-state index in [1.165, 1.54) is 0 Å². The van der Waals surface area contributed by atoms with Crippen LogP contribution in [0.3, 0.4) is 0 Å². The van der Waals surface area contributed by atoms with Gasteiger partial charge in [-0.2, -0.15) is 15.4 Å². The molecule has 0 aliphatic carbocycles. The van der Waals surface area contributed by atoms with Crippen LogP contribution in [0.15, 0.2) is 36.4 Å². The van der Waals surface area contributed by atoms with Crippen LogP contribution >= 0.6 is 0 Å². The molecular formula is C35H48N10O4. The van der Waals surface area contributed by atoms with Crippen molar-refractivity contribution >= 4 is 34.8 Å². The third-order valence-electron chi connectivity index (χ3n) is 10.8. The van der Waals surface area contributed by atoms with Gasteiger partial charge >= 0.3 is 12.1 Å². The predicted octanol–water partition coefficient (Wildman–Crippen LogP) is 2.61. The lowest BCUT2D eigenvalue weighted by Crippen LogP contribution is -2.56. The molecule has 4 amide bonds. The van der Waals surface area contributed by atoms with Crippen LogP contribution in [0.5, 0.6) is 0 Å². The van der Waals surface area contributed by atoms with Gasteiger partial charge in [-0.05, 0) is 74.9 Å². The van der Waals surface area contributed by atoms with Gasteiger partial charge in [0.2, 0.25) is 5.91 Å². The Bertz CT molecular complexity index is 1640. The van der Waals surface area contributed by atoms with Crippen molar-refractivity contribution in [2.24, 2.45) is 0 Å². The summed E-state index contributed by atoms with van der Waals surface area (Å²) < 4.78 is 0. The molecule has 1 atom stereocenters. The van der Waals surface area contributed by atoms with Gasteiger partial charge in [0.15, 0.2) is 0 Å². The summed E-state index contributed by atoms with van der Waals surface area (Å²) in [4.78, 5) is 55.0. The fourth-order valence-corrected chi connectivity index (χ4v) is 7.88. The number of para-hydroxylation sites is 1. The number of hydrogen-bond acceptors (Lipinski definition) is 9. The second-order valence-corrected chi connectivity index (χ2v) is 14.0. The van der Waals surface area contributed by atoms with Gasteiger partial charge < -0.3 is 30.2 Å². The fourth-order valence-electron chi connectivity index (χ4n) is 7.88. The van der Waals surface area contributed by atoms with Crippen LogP contribution < -0.4 is 10.6 Å². The maximum absolute atomic E-state index is 14.1. The third-order valence-corrected chi connectivity index (χ3v) is 10.8. The summed E-state index contributed by atoms with van der Waals surface area (Å²) in [6, 6.07) is 11.5. The molecule has 14 nitrogen and oxygen atoms in total. The van der Waals surface area contributed by atoms with E-state index >= 15 is 0 Å². The molecule has 1 unspecified atom stereocenters. The topological polar surface area (TPSA) is 142 Å². The van der Waals surface area contributed by atoms with E-state index in [-0.39, 0.29) is 18.0 Å². The van der Waals surface area contributed by atoms with Crippen molar-refractivity contribution in [2.75, 3.05) is 71.3 Å². The number of piperazine rings is 1. The van der Waals surface area contributed by atoms with Gasteiger partial charge in [-0.25, -0.2) is 9.59 Å². The first-order valence-corrected chi connectivity index (χ1v) is 17.7. The highest BCUT2D eigenvalue weighted by Crippen LogP contribution is 2.25. The molecule has 3 saturated heterocycles. The van der Waals surface area contributed by atoms with Crippen LogP contribution in [0.4, 0.5) is 15.3 Å². The highest BCUT2D eigenvalue weighted by Gasteiger charge is 2.35. The molecule has 0 radical (unpaired) electrons. The fraction of sp³-hybridized carbons (Fsp3) is 0.571. The van der Waals surface area contributed by atoms with Crippen molar-refractivity contribution in [3.8, 4) is 0 Å². The molecule has 7 rings (SSSR count). The summed E-state index contributed by atoms with van der Waals surface area (Å²) >= 11 is 0. The van der Waals surface area contributed by atoms with Gasteiger partial charge in [0.1, 0.15) is 17.1 Å². The van der Waals surface area contributed by atoms with E-state index in [4.69, 9.17) is 4.84 Å². The van der Waals surface area contributed by atoms with Gasteiger partial charge in [-0.1, -0.05) is 24.3 Å². The number of hydrogen-bond donors (Lipinski definition) is 3. The molecule has 0 bridgehead atoms. The quantitative estimate of drug-likeness (QED) is 0.345. The number of hydroxylamine groups is 2. The summed E-state index contributed by atoms with van der Waals surface area (Å²) in [5, 5.41) is 18.8. The zero-order chi connectivity index (χ0) is 33.9. The number of benzene rings is 2. The number of urea groups is 1. The van der Waals surface area contributed by atoms with Gasteiger partial charge in [0.25, 0.3) is 0 Å². The number of amides is 4. The SMILES string of the molecule is Cc1cc(CC(NC(=O)ON2CCC(N3CCc4ccccc4NC3=O)CC2)C(=O)N2CCC(N3CCN(C)CC3)CC2)cc2n[nH]nc12. The van der Waals surface area contributed by atoms with Crippen molar-refractivity contribution in [2.45, 2.75) is 63.6 Å². The van der Waals surface area contributed by atoms with Crippen LogP contribution in [0.1, 0.15) is 42.4 Å². The molecule has 3 aromatic rings. The molecule has 14 heteroatoms. The first-order valence-electron chi connectivity index (χ1n) is 17.7. The Labute approximate surface area is 287 Å². The number of nitrogens with one attached hydrogen (secondary N) is 3. The molecule has 4 aliphatic heterocycles. The number of fused-ring (bicyclic) bond motifs is 2. The van der Waals surface area contributed by atoms with E-state index in [2.05, 4.69) is 49.0 Å². The number of aromatic amines is 1. The maximum Gasteiger partial charge on any atom is 0.426 e. The minimum Gasteiger partial charge on any atom is -0.351 e. The minimum absolute atomic E-state index is 0.0509. The average molecular weight is 673 g/mol. The van der Waals surface area contributed by atoms with E-state index in [9.17, 15) is 14.4 Å². The van der Waals surface area contributed by atoms with Crippen LogP contribution in [0.2, 0.25) is 0 Å². The van der Waals surface area contributed by atoms with Gasteiger partial charge in [0, 0.05) is 83.1 Å². The third kappa shape index (κ3) is 7.66. The Morgan fingerprint density at radius 3 is 2.45 bits per heavy atom. The molecule has 262 valence electrons. The van der Waals surface area contributed by atoms with E-state index < -0.39 is 12.1 Å². The number of anilines is 1. The molecule has 2 aromatic carbocycles. The zero-order valence-corrected chi connectivity index (χ0v) is 28.6. The van der Waals surface area contributed by atoms with Gasteiger partial charge in [-0.15, -0.1) is 5.06 Å². The minimum atomic E-state index is -0.795. The number of likely N-dealkylation sites (N-methyl/N-ethyl adjacent to an activating group) is 1. The van der Waals surface area contributed by atoms with Crippen molar-refractivity contribution in [1.29, 1.82) is 0 Å². The number of nitrogens with zero attached hydrogens (tertiary/aromatic N) is 7. The smallest absolute Gasteiger partial charge is 0.351 e. The Balaban J connectivity index is 0.964. The molecule has 0 saturated carbocycles. The van der Waals surface area contributed by atoms with Crippen LogP contribution in [-0.4, -0.2) is 142 Å². The van der Waals surface area contributed by atoms with Crippen LogP contribution in [0, 0.1) is 6.92 Å². The van der Waals surface area contributed by atoms with Crippen molar-refractivity contribution in [3.63, 3.8) is 0 Å². The molecule has 0 spiro atoms. The van der Waals surface area contributed by atoms with E-state index in [0.29, 0.717) is 58.0 Å². The van der Waals surface area contributed by atoms with Crippen molar-refractivity contribution < 1.29 is 19.2 Å². The average Bonchev–Trinajstić information content (AvgIpc) is 3.52. The zero-order valence-electron chi connectivity index (χ0n) is 28.6. The lowest BCUT2D eigenvalue weighted by atomic mass is 9.98. The summed E-state index contributed by atoms with van der Waals surface area (Å²) in [6.45, 7) is 9.19. The monoisotopic (exact) mass is 672 g/mol. The summed E-state index contributed by atoms with van der Waals surface area (Å²) in [7, 11) is 2.16. The predicted molar refractivity (Wildman–Crippen MR) is 185 cm³/mol. The highest BCUT2D eigenvalue weighted by molar-refractivity contribution is 5.91. The number of piperidine rings is 2. The van der Waals surface area contributed by atoms with Gasteiger partial charge in [0.05, 0.1) is 0 Å². The van der Waals surface area contributed by atoms with Crippen molar-refractivity contribution in [1.82, 2.24) is 45.4 Å². The van der Waals surface area contributed by atoms with E-state index in [1.807, 2.05) is 47.1 Å². The number of aryl methyl sites for hydroxylation is 1. The molecule has 4 aliphatic rings. The number of likely N-dealkylation sites (tertiary alicyclic amines) is 1. The summed E-state index contributed by atoms with van der Waals surface area (Å²) in [6.07, 6.45) is 3.66. The molecule has 3 fully saturated rings. The second-order valence-electron chi connectivity index (χ2n) is 14.0. The highest BCUT2D eigenvalue weighted by atomic mass is 16.7. The Hall–Kier alpha value is -4.27. The maximum atomic E-state index is 14.1. The summed E-state index contributed by atoms with van der Waals surface area (Å²) in [5.74, 6) is -0.0986. The standard InChI is InChI=1S/C35H48N10O4/c1-24-21-25(22-30-32(24)39-40-38-30)23-31(33(46)43-12-8-27(9-13-43)42-19-17-41(2)18-20-42)37-35(48)49-44-14-10-28(11-15-44)45-16-7-26-5-3-4-6-29(26)36-34(45)47/h3-6,21-22,27-28,31H,7-20,23H2,1-2H3,(H,36,47)(H,37,48)(H,38,39,40). The largest absolute Gasteiger partial charge is 0.426 e. The first kappa shape index (κ1) is 33.2. The molecule has 5 heterocycles. The molecule has 3 N–H and O–H groups in total. The number of H-pyrrole nitrogens is 1.